The molecule has 21 heavy (non-hydrogen) atoms. The molecule has 0 aromatic heterocycles. The summed E-state index contributed by atoms with van der Waals surface area (Å²) in [6.07, 6.45) is 0. The summed E-state index contributed by atoms with van der Waals surface area (Å²) in [6, 6.07) is 6.17. The van der Waals surface area contributed by atoms with Crippen molar-refractivity contribution in [1.29, 1.82) is 0 Å². The molecular weight excluding hydrogens is 296 g/mol. The Labute approximate surface area is 125 Å². The van der Waals surface area contributed by atoms with Crippen molar-refractivity contribution in [3.63, 3.8) is 0 Å². The molecule has 0 bridgehead atoms. The lowest BCUT2D eigenvalue weighted by Gasteiger charge is -2.09. The number of benzene rings is 1. The Bertz CT molecular complexity index is 490. The van der Waals surface area contributed by atoms with E-state index in [2.05, 4.69) is 4.72 Å². The summed E-state index contributed by atoms with van der Waals surface area (Å²) in [5, 5.41) is 0. The molecule has 0 atom stereocenters. The number of sulfonamides is 1. The maximum Gasteiger partial charge on any atom is 0.240 e. The molecule has 0 amide bonds. The standard InChI is InChI=1S/C13H22N2O5S/c1-18-10-11-19-9-7-15-21(16,17)13-4-2-12(3-5-13)20-8-6-14/h2-5,15H,6-11,14H2,1H3. The first-order valence-electron chi connectivity index (χ1n) is 6.59. The second-order valence-electron chi connectivity index (χ2n) is 4.11. The second kappa shape index (κ2) is 9.69. The summed E-state index contributed by atoms with van der Waals surface area (Å²) in [4.78, 5) is 0.180. The normalized spacial score (nSPS) is 11.5. The highest BCUT2D eigenvalue weighted by Crippen LogP contribution is 2.15. The van der Waals surface area contributed by atoms with Gasteiger partial charge in [0.05, 0.1) is 24.7 Å². The third-order valence-corrected chi connectivity index (χ3v) is 3.97. The minimum absolute atomic E-state index is 0.180. The van der Waals surface area contributed by atoms with Crippen LogP contribution in [0.2, 0.25) is 0 Å². The van der Waals surface area contributed by atoms with Gasteiger partial charge in [-0.25, -0.2) is 13.1 Å². The van der Waals surface area contributed by atoms with Crippen LogP contribution < -0.4 is 15.2 Å². The molecule has 7 nitrogen and oxygen atoms in total. The Morgan fingerprint density at radius 2 is 1.81 bits per heavy atom. The topological polar surface area (TPSA) is 99.9 Å². The average Bonchev–Trinajstić information content (AvgIpc) is 2.49. The molecule has 0 radical (unpaired) electrons. The monoisotopic (exact) mass is 318 g/mol. The van der Waals surface area contributed by atoms with Crippen LogP contribution in [0.1, 0.15) is 0 Å². The van der Waals surface area contributed by atoms with Crippen molar-refractivity contribution in [2.75, 3.05) is 46.6 Å². The molecule has 120 valence electrons. The first-order chi connectivity index (χ1) is 10.1. The minimum atomic E-state index is -3.53. The fourth-order valence-electron chi connectivity index (χ4n) is 1.47. The Hall–Kier alpha value is -1.19. The van der Waals surface area contributed by atoms with E-state index in [4.69, 9.17) is 19.9 Å². The lowest BCUT2D eigenvalue weighted by molar-refractivity contribution is 0.0736. The molecule has 0 fully saturated rings. The number of ether oxygens (including phenoxy) is 3. The highest BCUT2D eigenvalue weighted by molar-refractivity contribution is 7.89. The van der Waals surface area contributed by atoms with Crippen LogP contribution >= 0.6 is 0 Å². The lowest BCUT2D eigenvalue weighted by atomic mass is 10.3. The summed E-state index contributed by atoms with van der Waals surface area (Å²) >= 11 is 0. The van der Waals surface area contributed by atoms with Gasteiger partial charge >= 0.3 is 0 Å². The first-order valence-corrected chi connectivity index (χ1v) is 8.07. The molecular formula is C13H22N2O5S. The van der Waals surface area contributed by atoms with Gasteiger partial charge in [0.2, 0.25) is 10.0 Å². The number of nitrogens with one attached hydrogen (secondary N) is 1. The van der Waals surface area contributed by atoms with Gasteiger partial charge in [-0.1, -0.05) is 0 Å². The Morgan fingerprint density at radius 3 is 2.43 bits per heavy atom. The summed E-state index contributed by atoms with van der Waals surface area (Å²) in [7, 11) is -1.96. The molecule has 0 saturated carbocycles. The molecule has 1 rings (SSSR count). The van der Waals surface area contributed by atoms with Gasteiger partial charge in [0, 0.05) is 20.2 Å². The Morgan fingerprint density at radius 1 is 1.10 bits per heavy atom. The van der Waals surface area contributed by atoms with Crippen LogP contribution in [0.3, 0.4) is 0 Å². The molecule has 0 spiro atoms. The quantitative estimate of drug-likeness (QED) is 0.556. The zero-order chi connectivity index (χ0) is 15.6. The van der Waals surface area contributed by atoms with E-state index < -0.39 is 10.0 Å². The van der Waals surface area contributed by atoms with Gasteiger partial charge in [-0.2, -0.15) is 0 Å². The highest BCUT2D eigenvalue weighted by atomic mass is 32.2. The lowest BCUT2D eigenvalue weighted by Crippen LogP contribution is -2.27. The van der Waals surface area contributed by atoms with Gasteiger partial charge in [-0.05, 0) is 24.3 Å². The van der Waals surface area contributed by atoms with Crippen molar-refractivity contribution in [2.24, 2.45) is 5.73 Å². The molecule has 1 aromatic rings. The molecule has 0 unspecified atom stereocenters. The summed E-state index contributed by atoms with van der Waals surface area (Å²) in [6.45, 7) is 2.22. The SMILES string of the molecule is COCCOCCNS(=O)(=O)c1ccc(OCCN)cc1. The van der Waals surface area contributed by atoms with Crippen LogP contribution in [0.15, 0.2) is 29.2 Å². The number of rotatable bonds is 11. The first kappa shape index (κ1) is 17.9. The summed E-state index contributed by atoms with van der Waals surface area (Å²) in [5.74, 6) is 0.585. The smallest absolute Gasteiger partial charge is 0.240 e. The van der Waals surface area contributed by atoms with Crippen LogP contribution in [0.4, 0.5) is 0 Å². The van der Waals surface area contributed by atoms with E-state index >= 15 is 0 Å². The van der Waals surface area contributed by atoms with Crippen LogP contribution in [-0.2, 0) is 19.5 Å². The average molecular weight is 318 g/mol. The Balaban J connectivity index is 2.42. The molecule has 0 heterocycles. The minimum Gasteiger partial charge on any atom is -0.492 e. The van der Waals surface area contributed by atoms with Gasteiger partial charge < -0.3 is 19.9 Å². The van der Waals surface area contributed by atoms with Crippen molar-refractivity contribution >= 4 is 10.0 Å². The van der Waals surface area contributed by atoms with Gasteiger partial charge in [0.15, 0.2) is 0 Å². The fraction of sp³-hybridized carbons (Fsp3) is 0.538. The molecule has 8 heteroatoms. The van der Waals surface area contributed by atoms with Crippen LogP contribution in [0.5, 0.6) is 5.75 Å². The number of hydrogen-bond acceptors (Lipinski definition) is 6. The van der Waals surface area contributed by atoms with Gasteiger partial charge in [0.1, 0.15) is 12.4 Å². The van der Waals surface area contributed by atoms with Gasteiger partial charge in [-0.3, -0.25) is 0 Å². The molecule has 1 aromatic carbocycles. The van der Waals surface area contributed by atoms with Gasteiger partial charge in [-0.15, -0.1) is 0 Å². The van der Waals surface area contributed by atoms with Crippen LogP contribution in [-0.4, -0.2) is 55.0 Å². The van der Waals surface area contributed by atoms with E-state index in [0.717, 1.165) is 0 Å². The van der Waals surface area contributed by atoms with Crippen molar-refractivity contribution < 1.29 is 22.6 Å². The molecule has 0 aliphatic rings. The van der Waals surface area contributed by atoms with E-state index in [0.29, 0.717) is 38.7 Å². The predicted molar refractivity (Wildman–Crippen MR) is 78.9 cm³/mol. The summed E-state index contributed by atoms with van der Waals surface area (Å²) < 4.78 is 41.7. The highest BCUT2D eigenvalue weighted by Gasteiger charge is 2.13. The largest absolute Gasteiger partial charge is 0.492 e. The maximum atomic E-state index is 12.0. The van der Waals surface area contributed by atoms with Crippen molar-refractivity contribution in [1.82, 2.24) is 4.72 Å². The van der Waals surface area contributed by atoms with E-state index in [9.17, 15) is 8.42 Å². The zero-order valence-electron chi connectivity index (χ0n) is 12.1. The van der Waals surface area contributed by atoms with Crippen LogP contribution in [0, 0.1) is 0 Å². The number of hydrogen-bond donors (Lipinski definition) is 2. The van der Waals surface area contributed by atoms with Gasteiger partial charge in [0.25, 0.3) is 0 Å². The molecule has 0 saturated heterocycles. The zero-order valence-corrected chi connectivity index (χ0v) is 12.9. The van der Waals surface area contributed by atoms with E-state index in [1.54, 1.807) is 19.2 Å². The van der Waals surface area contributed by atoms with Crippen molar-refractivity contribution in [3.05, 3.63) is 24.3 Å². The predicted octanol–water partition coefficient (Wildman–Crippen LogP) is -0.0346. The van der Waals surface area contributed by atoms with E-state index in [1.165, 1.54) is 12.1 Å². The third-order valence-electron chi connectivity index (χ3n) is 2.49. The third kappa shape index (κ3) is 6.87. The Kier molecular flexibility index (Phi) is 8.24. The summed E-state index contributed by atoms with van der Waals surface area (Å²) in [5.41, 5.74) is 5.32. The van der Waals surface area contributed by atoms with Crippen LogP contribution in [0.25, 0.3) is 0 Å². The van der Waals surface area contributed by atoms with E-state index in [-0.39, 0.29) is 11.4 Å². The van der Waals surface area contributed by atoms with E-state index in [1.807, 2.05) is 0 Å². The van der Waals surface area contributed by atoms with Crippen molar-refractivity contribution in [3.8, 4) is 5.75 Å². The number of methoxy groups -OCH3 is 1. The molecule has 0 aliphatic heterocycles. The molecule has 3 N–H and O–H groups in total. The molecule has 0 aliphatic carbocycles. The van der Waals surface area contributed by atoms with Crippen molar-refractivity contribution in [2.45, 2.75) is 4.90 Å². The fourth-order valence-corrected chi connectivity index (χ4v) is 2.48. The number of nitrogens with two attached hydrogens (primary N) is 1. The second-order valence-corrected chi connectivity index (χ2v) is 5.88. The maximum absolute atomic E-state index is 12.0.